The summed E-state index contributed by atoms with van der Waals surface area (Å²) in [5.41, 5.74) is 2.97. The van der Waals surface area contributed by atoms with Crippen molar-refractivity contribution in [2.75, 3.05) is 13.2 Å². The molecule has 3 aromatic rings. The maximum Gasteiger partial charge on any atom is 0.292 e. The van der Waals surface area contributed by atoms with Crippen LogP contribution >= 0.6 is 11.6 Å². The van der Waals surface area contributed by atoms with E-state index in [1.807, 2.05) is 0 Å². The van der Waals surface area contributed by atoms with Crippen LogP contribution in [-0.2, 0) is 6.54 Å². The number of fused-ring (bicyclic) bond motifs is 2. The standard InChI is InChI=1S/C20H17ClN4O4/c1-2-25-20(27)14-6-4-3-5-13(14)17(24-25)19(26)23-22-11-12-9-15(21)18-16(10-12)28-7-8-29-18/h3-6,9-11H,2,7-8H2,1H3,(H,23,26)/b22-11-. The van der Waals surface area contributed by atoms with Gasteiger partial charge in [0.25, 0.3) is 11.5 Å². The van der Waals surface area contributed by atoms with E-state index >= 15 is 0 Å². The second-order valence-electron chi connectivity index (χ2n) is 6.24. The van der Waals surface area contributed by atoms with Crippen LogP contribution in [0.25, 0.3) is 10.8 Å². The van der Waals surface area contributed by atoms with Crippen molar-refractivity contribution in [3.63, 3.8) is 0 Å². The zero-order valence-electron chi connectivity index (χ0n) is 15.5. The largest absolute Gasteiger partial charge is 0.486 e. The minimum Gasteiger partial charge on any atom is -0.486 e. The zero-order valence-corrected chi connectivity index (χ0v) is 16.3. The van der Waals surface area contributed by atoms with Crippen molar-refractivity contribution in [2.24, 2.45) is 5.10 Å². The van der Waals surface area contributed by atoms with Gasteiger partial charge in [-0.05, 0) is 30.7 Å². The molecule has 0 radical (unpaired) electrons. The lowest BCUT2D eigenvalue weighted by Crippen LogP contribution is -2.28. The van der Waals surface area contributed by atoms with E-state index in [0.29, 0.717) is 52.6 Å². The molecule has 1 amide bonds. The third kappa shape index (κ3) is 3.66. The van der Waals surface area contributed by atoms with E-state index in [-0.39, 0.29) is 11.3 Å². The van der Waals surface area contributed by atoms with E-state index < -0.39 is 5.91 Å². The van der Waals surface area contributed by atoms with E-state index in [4.69, 9.17) is 21.1 Å². The Kier molecular flexibility index (Phi) is 5.18. The first-order valence-corrected chi connectivity index (χ1v) is 9.38. The monoisotopic (exact) mass is 412 g/mol. The van der Waals surface area contributed by atoms with Gasteiger partial charge in [0.15, 0.2) is 17.2 Å². The van der Waals surface area contributed by atoms with Crippen LogP contribution in [0, 0.1) is 0 Å². The Morgan fingerprint density at radius 1 is 1.28 bits per heavy atom. The van der Waals surface area contributed by atoms with Gasteiger partial charge in [0.1, 0.15) is 13.2 Å². The fraction of sp³-hybridized carbons (Fsp3) is 0.200. The van der Waals surface area contributed by atoms with Gasteiger partial charge in [-0.3, -0.25) is 9.59 Å². The van der Waals surface area contributed by atoms with Crippen LogP contribution in [0.2, 0.25) is 5.02 Å². The molecule has 1 aliphatic rings. The van der Waals surface area contributed by atoms with E-state index in [1.165, 1.54) is 10.9 Å². The molecule has 9 heteroatoms. The molecular weight excluding hydrogens is 396 g/mol. The summed E-state index contributed by atoms with van der Waals surface area (Å²) in [5.74, 6) is 0.499. The number of aromatic nitrogens is 2. The van der Waals surface area contributed by atoms with Gasteiger partial charge >= 0.3 is 0 Å². The number of ether oxygens (including phenoxy) is 2. The summed E-state index contributed by atoms with van der Waals surface area (Å²) in [5, 5.41) is 9.46. The molecule has 0 fully saturated rings. The first kappa shape index (κ1) is 18.9. The summed E-state index contributed by atoms with van der Waals surface area (Å²) >= 11 is 6.20. The summed E-state index contributed by atoms with van der Waals surface area (Å²) in [4.78, 5) is 25.0. The summed E-state index contributed by atoms with van der Waals surface area (Å²) in [6, 6.07) is 10.2. The number of carbonyl (C=O) groups excluding carboxylic acids is 1. The topological polar surface area (TPSA) is 94.8 Å². The van der Waals surface area contributed by atoms with Gasteiger partial charge in [0, 0.05) is 11.9 Å². The molecule has 0 saturated heterocycles. The maximum atomic E-state index is 12.7. The number of hydrogen-bond donors (Lipinski definition) is 1. The van der Waals surface area contributed by atoms with Crippen molar-refractivity contribution in [1.82, 2.24) is 15.2 Å². The van der Waals surface area contributed by atoms with Crippen LogP contribution in [0.4, 0.5) is 0 Å². The van der Waals surface area contributed by atoms with Gasteiger partial charge in [0.2, 0.25) is 0 Å². The Bertz CT molecular complexity index is 1190. The van der Waals surface area contributed by atoms with Crippen LogP contribution in [0.15, 0.2) is 46.3 Å². The molecule has 1 N–H and O–H groups in total. The second kappa shape index (κ2) is 7.92. The van der Waals surface area contributed by atoms with Gasteiger partial charge in [-0.15, -0.1) is 0 Å². The molecule has 29 heavy (non-hydrogen) atoms. The number of halogens is 1. The normalized spacial score (nSPS) is 13.0. The second-order valence-corrected chi connectivity index (χ2v) is 6.65. The average Bonchev–Trinajstić information content (AvgIpc) is 2.74. The molecule has 0 atom stereocenters. The zero-order chi connectivity index (χ0) is 20.4. The van der Waals surface area contributed by atoms with Crippen molar-refractivity contribution in [3.8, 4) is 11.5 Å². The van der Waals surface area contributed by atoms with Crippen LogP contribution in [0.3, 0.4) is 0 Å². The lowest BCUT2D eigenvalue weighted by molar-refractivity contribution is 0.0949. The van der Waals surface area contributed by atoms with Crippen LogP contribution in [-0.4, -0.2) is 35.1 Å². The van der Waals surface area contributed by atoms with Crippen molar-refractivity contribution >= 4 is 34.5 Å². The maximum absolute atomic E-state index is 12.7. The molecule has 2 heterocycles. The first-order valence-electron chi connectivity index (χ1n) is 9.01. The molecule has 1 aliphatic heterocycles. The minimum atomic E-state index is -0.525. The fourth-order valence-electron chi connectivity index (χ4n) is 3.04. The fourth-order valence-corrected chi connectivity index (χ4v) is 3.31. The predicted octanol–water partition coefficient (Wildman–Crippen LogP) is 2.60. The number of carbonyl (C=O) groups is 1. The summed E-state index contributed by atoms with van der Waals surface area (Å²) in [6.07, 6.45) is 1.44. The van der Waals surface area contributed by atoms with Crippen molar-refractivity contribution in [2.45, 2.75) is 13.5 Å². The average molecular weight is 413 g/mol. The lowest BCUT2D eigenvalue weighted by Gasteiger charge is -2.19. The van der Waals surface area contributed by atoms with E-state index in [1.54, 1.807) is 43.3 Å². The van der Waals surface area contributed by atoms with E-state index in [2.05, 4.69) is 15.6 Å². The highest BCUT2D eigenvalue weighted by Crippen LogP contribution is 2.37. The van der Waals surface area contributed by atoms with Crippen molar-refractivity contribution in [3.05, 3.63) is 63.0 Å². The Morgan fingerprint density at radius 3 is 2.83 bits per heavy atom. The molecule has 4 rings (SSSR count). The molecule has 0 spiro atoms. The number of benzene rings is 2. The predicted molar refractivity (Wildman–Crippen MR) is 109 cm³/mol. The van der Waals surface area contributed by atoms with Crippen LogP contribution < -0.4 is 20.5 Å². The quantitative estimate of drug-likeness (QED) is 0.525. The van der Waals surface area contributed by atoms with Crippen LogP contribution in [0.5, 0.6) is 11.5 Å². The number of nitrogens with one attached hydrogen (secondary N) is 1. The lowest BCUT2D eigenvalue weighted by atomic mass is 10.1. The number of rotatable bonds is 4. The molecule has 148 valence electrons. The number of nitrogens with zero attached hydrogens (tertiary/aromatic N) is 3. The Labute approximate surface area is 170 Å². The third-order valence-corrected chi connectivity index (χ3v) is 4.66. The minimum absolute atomic E-state index is 0.124. The van der Waals surface area contributed by atoms with Crippen molar-refractivity contribution in [1.29, 1.82) is 0 Å². The molecule has 2 aromatic carbocycles. The summed E-state index contributed by atoms with van der Waals surface area (Å²) in [6.45, 7) is 3.02. The highest BCUT2D eigenvalue weighted by Gasteiger charge is 2.17. The molecule has 1 aromatic heterocycles. The number of amides is 1. The van der Waals surface area contributed by atoms with Gasteiger partial charge in [0.05, 0.1) is 16.6 Å². The Hall–Kier alpha value is -3.39. The summed E-state index contributed by atoms with van der Waals surface area (Å²) in [7, 11) is 0. The van der Waals surface area contributed by atoms with Gasteiger partial charge in [-0.1, -0.05) is 29.8 Å². The van der Waals surface area contributed by atoms with Gasteiger partial charge in [-0.25, -0.2) is 10.1 Å². The molecule has 0 unspecified atom stereocenters. The molecular formula is C20H17ClN4O4. The Morgan fingerprint density at radius 2 is 2.03 bits per heavy atom. The number of aryl methyl sites for hydroxylation is 1. The number of hydrazone groups is 1. The summed E-state index contributed by atoms with van der Waals surface area (Å²) < 4.78 is 12.3. The van der Waals surface area contributed by atoms with Crippen LogP contribution in [0.1, 0.15) is 23.0 Å². The van der Waals surface area contributed by atoms with Gasteiger partial charge in [-0.2, -0.15) is 10.2 Å². The van der Waals surface area contributed by atoms with E-state index in [9.17, 15) is 9.59 Å². The van der Waals surface area contributed by atoms with Gasteiger partial charge < -0.3 is 9.47 Å². The van der Waals surface area contributed by atoms with Crippen molar-refractivity contribution < 1.29 is 14.3 Å². The van der Waals surface area contributed by atoms with E-state index in [0.717, 1.165) is 0 Å². The number of hydrogen-bond acceptors (Lipinski definition) is 6. The molecule has 0 bridgehead atoms. The molecule has 0 aliphatic carbocycles. The first-order chi connectivity index (χ1) is 14.1. The SMILES string of the molecule is CCn1nc(C(=O)N/N=C\c2cc(Cl)c3c(c2)OCCO3)c2ccccc2c1=O. The smallest absolute Gasteiger partial charge is 0.292 e. The molecule has 0 saturated carbocycles. The highest BCUT2D eigenvalue weighted by atomic mass is 35.5. The third-order valence-electron chi connectivity index (χ3n) is 4.38. The highest BCUT2D eigenvalue weighted by molar-refractivity contribution is 6.32. The Balaban J connectivity index is 1.60. The molecule has 8 nitrogen and oxygen atoms in total.